The van der Waals surface area contributed by atoms with E-state index in [0.717, 1.165) is 16.9 Å². The molecule has 3 aromatic rings. The van der Waals surface area contributed by atoms with Crippen molar-refractivity contribution in [3.63, 3.8) is 0 Å². The number of halogens is 1. The van der Waals surface area contributed by atoms with Gasteiger partial charge in [0.2, 0.25) is 0 Å². The third-order valence-corrected chi connectivity index (χ3v) is 4.82. The molecule has 8 heteroatoms. The Balaban J connectivity index is 1.92. The molecular weight excluding hydrogens is 371 g/mol. The molecule has 0 saturated carbocycles. The van der Waals surface area contributed by atoms with E-state index in [9.17, 15) is 14.0 Å². The normalized spacial score (nSPS) is 10.5. The van der Waals surface area contributed by atoms with Crippen LogP contribution in [0.2, 0.25) is 0 Å². The Labute approximate surface area is 158 Å². The fourth-order valence-electron chi connectivity index (χ4n) is 2.57. The third-order valence-electron chi connectivity index (χ3n) is 3.92. The molecule has 6 nitrogen and oxygen atoms in total. The molecule has 1 aromatic heterocycles. The predicted molar refractivity (Wildman–Crippen MR) is 101 cm³/mol. The van der Waals surface area contributed by atoms with Crippen LogP contribution in [0.15, 0.2) is 53.9 Å². The number of rotatable bonds is 5. The summed E-state index contributed by atoms with van der Waals surface area (Å²) in [5.74, 6) is 3.65. The minimum absolute atomic E-state index is 0.0914. The molecule has 1 heterocycles. The molecule has 0 atom stereocenters. The Hall–Kier alpha value is -3.23. The third kappa shape index (κ3) is 3.67. The molecule has 2 aromatic carbocycles. The zero-order chi connectivity index (χ0) is 19.6. The number of amides is 1. The second kappa shape index (κ2) is 7.56. The number of hydrazine groups is 1. The van der Waals surface area contributed by atoms with Crippen molar-refractivity contribution in [3.8, 4) is 16.9 Å². The van der Waals surface area contributed by atoms with Gasteiger partial charge < -0.3 is 9.84 Å². The first-order valence-corrected chi connectivity index (χ1v) is 8.64. The lowest BCUT2D eigenvalue weighted by atomic mass is 10.0. The molecule has 0 radical (unpaired) electrons. The molecule has 0 aliphatic carbocycles. The van der Waals surface area contributed by atoms with E-state index >= 15 is 0 Å². The Bertz CT molecular complexity index is 1020. The molecule has 0 spiro atoms. The molecule has 1 amide bonds. The van der Waals surface area contributed by atoms with Crippen molar-refractivity contribution in [2.24, 2.45) is 5.84 Å². The predicted octanol–water partition coefficient (Wildman–Crippen LogP) is 3.78. The van der Waals surface area contributed by atoms with Crippen LogP contribution in [0.1, 0.15) is 20.0 Å². The van der Waals surface area contributed by atoms with Gasteiger partial charge in [0.1, 0.15) is 16.4 Å². The van der Waals surface area contributed by atoms with E-state index in [4.69, 9.17) is 15.7 Å². The number of carbonyl (C=O) groups is 2. The molecule has 3 rings (SSSR count). The number of hydrogen-bond donors (Lipinski definition) is 2. The van der Waals surface area contributed by atoms with E-state index in [-0.39, 0.29) is 16.1 Å². The average Bonchev–Trinajstić information content (AvgIpc) is 3.17. The molecule has 27 heavy (non-hydrogen) atoms. The van der Waals surface area contributed by atoms with Gasteiger partial charge in [-0.25, -0.2) is 20.0 Å². The highest BCUT2D eigenvalue weighted by atomic mass is 32.1. The second-order valence-electron chi connectivity index (χ2n) is 5.54. The molecule has 0 fully saturated rings. The fourth-order valence-corrected chi connectivity index (χ4v) is 3.29. The van der Waals surface area contributed by atoms with Crippen LogP contribution in [-0.2, 0) is 0 Å². The van der Waals surface area contributed by atoms with E-state index in [2.05, 4.69) is 0 Å². The van der Waals surface area contributed by atoms with E-state index in [1.165, 1.54) is 30.7 Å². The van der Waals surface area contributed by atoms with Crippen LogP contribution in [0, 0.1) is 5.82 Å². The van der Waals surface area contributed by atoms with Gasteiger partial charge in [0.15, 0.2) is 0 Å². The quantitative estimate of drug-likeness (QED) is 0.395. The second-order valence-corrected chi connectivity index (χ2v) is 6.46. The van der Waals surface area contributed by atoms with E-state index in [1.54, 1.807) is 30.3 Å². The van der Waals surface area contributed by atoms with Gasteiger partial charge in [0, 0.05) is 0 Å². The largest absolute Gasteiger partial charge is 0.497 e. The van der Waals surface area contributed by atoms with Crippen molar-refractivity contribution in [2.75, 3.05) is 12.1 Å². The summed E-state index contributed by atoms with van der Waals surface area (Å²) in [5, 5.41) is 11.2. The van der Waals surface area contributed by atoms with Crippen LogP contribution < -0.4 is 15.6 Å². The van der Waals surface area contributed by atoms with Crippen molar-refractivity contribution in [1.82, 2.24) is 0 Å². The number of methoxy groups -OCH3 is 1. The number of benzene rings is 2. The minimum Gasteiger partial charge on any atom is -0.497 e. The van der Waals surface area contributed by atoms with Gasteiger partial charge in [0.05, 0.1) is 18.4 Å². The van der Waals surface area contributed by atoms with Crippen molar-refractivity contribution < 1.29 is 23.8 Å². The number of carbonyl (C=O) groups excluding carboxylic acids is 1. The first-order chi connectivity index (χ1) is 12.9. The van der Waals surface area contributed by atoms with Crippen LogP contribution in [0.3, 0.4) is 0 Å². The van der Waals surface area contributed by atoms with E-state index < -0.39 is 17.7 Å². The lowest BCUT2D eigenvalue weighted by Gasteiger charge is -2.18. The first kappa shape index (κ1) is 18.6. The number of nitrogens with two attached hydrogens (primary N) is 1. The van der Waals surface area contributed by atoms with Crippen LogP contribution >= 0.6 is 11.3 Å². The number of carboxylic acid groups (broad SMARTS) is 1. The molecule has 138 valence electrons. The van der Waals surface area contributed by atoms with Crippen molar-refractivity contribution in [2.45, 2.75) is 0 Å². The Morgan fingerprint density at radius 2 is 1.89 bits per heavy atom. The Kier molecular flexibility index (Phi) is 5.20. The fraction of sp³-hybridized carbons (Fsp3) is 0.0526. The SMILES string of the molecule is COc1cccc(-c2ccc(N(N)C(=O)c3ccsc3C(=O)O)c(F)c2)c1. The molecule has 0 bridgehead atoms. The van der Waals surface area contributed by atoms with Gasteiger partial charge in [-0.3, -0.25) is 4.79 Å². The smallest absolute Gasteiger partial charge is 0.346 e. The van der Waals surface area contributed by atoms with Crippen LogP contribution in [0.25, 0.3) is 11.1 Å². The van der Waals surface area contributed by atoms with Gasteiger partial charge >= 0.3 is 5.97 Å². The van der Waals surface area contributed by atoms with Gasteiger partial charge in [-0.05, 0) is 46.8 Å². The maximum Gasteiger partial charge on any atom is 0.346 e. The summed E-state index contributed by atoms with van der Waals surface area (Å²) in [6.45, 7) is 0. The molecule has 3 N–H and O–H groups in total. The van der Waals surface area contributed by atoms with Gasteiger partial charge in [-0.15, -0.1) is 11.3 Å². The number of aromatic carboxylic acids is 1. The highest BCUT2D eigenvalue weighted by Crippen LogP contribution is 2.29. The monoisotopic (exact) mass is 386 g/mol. The van der Waals surface area contributed by atoms with Crippen LogP contribution in [0.5, 0.6) is 5.75 Å². The maximum absolute atomic E-state index is 14.6. The summed E-state index contributed by atoms with van der Waals surface area (Å²) in [7, 11) is 1.54. The summed E-state index contributed by atoms with van der Waals surface area (Å²) in [6.07, 6.45) is 0. The zero-order valence-corrected chi connectivity index (χ0v) is 15.0. The minimum atomic E-state index is -1.24. The van der Waals surface area contributed by atoms with Gasteiger partial charge in [-0.1, -0.05) is 18.2 Å². The molecule has 0 unspecified atom stereocenters. The first-order valence-electron chi connectivity index (χ1n) is 7.76. The van der Waals surface area contributed by atoms with Gasteiger partial charge in [-0.2, -0.15) is 0 Å². The number of thiophene rings is 1. The number of hydrogen-bond acceptors (Lipinski definition) is 5. The summed E-state index contributed by atoms with van der Waals surface area (Å²) in [4.78, 5) is 23.5. The van der Waals surface area contributed by atoms with Crippen molar-refractivity contribution in [3.05, 3.63) is 70.2 Å². The van der Waals surface area contributed by atoms with Crippen LogP contribution in [-0.4, -0.2) is 24.1 Å². The topological polar surface area (TPSA) is 92.9 Å². The van der Waals surface area contributed by atoms with Crippen molar-refractivity contribution >= 4 is 28.9 Å². The standard InChI is InChI=1S/C19H15FN2O4S/c1-26-13-4-2-3-11(9-13)12-5-6-16(15(20)10-12)22(21)18(23)14-7-8-27-17(14)19(24)25/h2-10H,21H2,1H3,(H,24,25). The molecule has 0 aliphatic rings. The van der Waals surface area contributed by atoms with Crippen LogP contribution in [0.4, 0.5) is 10.1 Å². The average molecular weight is 386 g/mol. The summed E-state index contributed by atoms with van der Waals surface area (Å²) in [6, 6.07) is 12.7. The number of anilines is 1. The molecule has 0 aliphatic heterocycles. The molecule has 0 saturated heterocycles. The summed E-state index contributed by atoms with van der Waals surface area (Å²) >= 11 is 0.898. The number of ether oxygens (including phenoxy) is 1. The zero-order valence-electron chi connectivity index (χ0n) is 14.2. The highest BCUT2D eigenvalue weighted by Gasteiger charge is 2.24. The van der Waals surface area contributed by atoms with E-state index in [1.807, 2.05) is 0 Å². The summed E-state index contributed by atoms with van der Waals surface area (Å²) < 4.78 is 19.8. The van der Waals surface area contributed by atoms with Crippen molar-refractivity contribution in [1.29, 1.82) is 0 Å². The number of nitrogens with zero attached hydrogens (tertiary/aromatic N) is 1. The number of carboxylic acids is 1. The Morgan fingerprint density at radius 1 is 1.15 bits per heavy atom. The maximum atomic E-state index is 14.6. The molecular formula is C19H15FN2O4S. The van der Waals surface area contributed by atoms with Gasteiger partial charge in [0.25, 0.3) is 5.91 Å². The highest BCUT2D eigenvalue weighted by molar-refractivity contribution is 7.12. The Morgan fingerprint density at radius 3 is 2.56 bits per heavy atom. The lowest BCUT2D eigenvalue weighted by molar-refractivity contribution is 0.0697. The summed E-state index contributed by atoms with van der Waals surface area (Å²) in [5.41, 5.74) is 1.07. The van der Waals surface area contributed by atoms with E-state index in [0.29, 0.717) is 16.3 Å². The lowest BCUT2D eigenvalue weighted by Crippen LogP contribution is -2.38.